The highest BCUT2D eigenvalue weighted by Crippen LogP contribution is 2.20. The van der Waals surface area contributed by atoms with Crippen LogP contribution in [0.2, 0.25) is 0 Å². The van der Waals surface area contributed by atoms with E-state index in [4.69, 9.17) is 0 Å². The standard InChI is InChI=1S/C18H22N2O3S/c1-14-9-10-15(2)17(11-14)24(22,23)20(3)13-18(21)19-12-16-7-5-4-6-8-16/h4-11H,12-13H2,1-3H3,(H,19,21). The molecule has 2 rings (SSSR count). The van der Waals surface area contributed by atoms with E-state index in [9.17, 15) is 13.2 Å². The normalized spacial score (nSPS) is 11.5. The Morgan fingerprint density at radius 1 is 1.08 bits per heavy atom. The van der Waals surface area contributed by atoms with E-state index in [1.165, 1.54) is 7.05 Å². The van der Waals surface area contributed by atoms with Crippen molar-refractivity contribution < 1.29 is 13.2 Å². The van der Waals surface area contributed by atoms with Gasteiger partial charge in [-0.25, -0.2) is 8.42 Å². The van der Waals surface area contributed by atoms with Crippen molar-refractivity contribution in [3.8, 4) is 0 Å². The van der Waals surface area contributed by atoms with Crippen molar-refractivity contribution in [1.29, 1.82) is 0 Å². The largest absolute Gasteiger partial charge is 0.351 e. The first-order chi connectivity index (χ1) is 11.3. The zero-order chi connectivity index (χ0) is 17.7. The Kier molecular flexibility index (Phi) is 5.75. The number of aryl methyl sites for hydroxylation is 2. The van der Waals surface area contributed by atoms with Crippen molar-refractivity contribution in [2.45, 2.75) is 25.3 Å². The molecule has 2 aromatic carbocycles. The molecule has 0 fully saturated rings. The first-order valence-corrected chi connectivity index (χ1v) is 9.09. The molecule has 0 spiro atoms. The molecule has 5 nitrogen and oxygen atoms in total. The Labute approximate surface area is 143 Å². The predicted octanol–water partition coefficient (Wildman–Crippen LogP) is 2.24. The molecule has 1 amide bonds. The molecule has 1 N–H and O–H groups in total. The van der Waals surface area contributed by atoms with Crippen LogP contribution in [0.5, 0.6) is 0 Å². The Bertz CT molecular complexity index is 817. The van der Waals surface area contributed by atoms with Gasteiger partial charge < -0.3 is 5.32 Å². The maximum atomic E-state index is 12.7. The molecular weight excluding hydrogens is 324 g/mol. The molecule has 6 heteroatoms. The molecule has 0 saturated heterocycles. The number of hydrogen-bond donors (Lipinski definition) is 1. The first kappa shape index (κ1) is 18.2. The summed E-state index contributed by atoms with van der Waals surface area (Å²) in [5.41, 5.74) is 2.49. The summed E-state index contributed by atoms with van der Waals surface area (Å²) in [5, 5.41) is 2.73. The molecule has 0 aliphatic carbocycles. The van der Waals surface area contributed by atoms with Gasteiger partial charge in [-0.1, -0.05) is 42.5 Å². The topological polar surface area (TPSA) is 66.5 Å². The molecule has 0 bridgehead atoms. The Hall–Kier alpha value is -2.18. The van der Waals surface area contributed by atoms with Gasteiger partial charge in [0.25, 0.3) is 0 Å². The van der Waals surface area contributed by atoms with Crippen molar-refractivity contribution in [2.75, 3.05) is 13.6 Å². The summed E-state index contributed by atoms with van der Waals surface area (Å²) in [6, 6.07) is 14.7. The molecule has 0 atom stereocenters. The average Bonchev–Trinajstić information content (AvgIpc) is 2.56. The maximum Gasteiger partial charge on any atom is 0.243 e. The van der Waals surface area contributed by atoms with Gasteiger partial charge >= 0.3 is 0 Å². The zero-order valence-electron chi connectivity index (χ0n) is 14.1. The smallest absolute Gasteiger partial charge is 0.243 e. The number of sulfonamides is 1. The van der Waals surface area contributed by atoms with E-state index in [0.717, 1.165) is 15.4 Å². The number of nitrogens with one attached hydrogen (secondary N) is 1. The van der Waals surface area contributed by atoms with Crippen LogP contribution in [0.25, 0.3) is 0 Å². The van der Waals surface area contributed by atoms with Crippen LogP contribution in [0.3, 0.4) is 0 Å². The quantitative estimate of drug-likeness (QED) is 0.872. The number of amides is 1. The van der Waals surface area contributed by atoms with Gasteiger partial charge in [0.2, 0.25) is 15.9 Å². The molecule has 128 valence electrons. The van der Waals surface area contributed by atoms with Crippen LogP contribution in [-0.4, -0.2) is 32.2 Å². The summed E-state index contributed by atoms with van der Waals surface area (Å²) >= 11 is 0. The molecule has 0 heterocycles. The number of likely N-dealkylation sites (N-methyl/N-ethyl adjacent to an activating group) is 1. The fourth-order valence-corrected chi connectivity index (χ4v) is 3.73. The lowest BCUT2D eigenvalue weighted by Gasteiger charge is -2.18. The highest BCUT2D eigenvalue weighted by atomic mass is 32.2. The average molecular weight is 346 g/mol. The van der Waals surface area contributed by atoms with Crippen LogP contribution in [0.4, 0.5) is 0 Å². The third kappa shape index (κ3) is 4.43. The number of carbonyl (C=O) groups excluding carboxylic acids is 1. The maximum absolute atomic E-state index is 12.7. The molecule has 0 unspecified atom stereocenters. The SMILES string of the molecule is Cc1ccc(C)c(S(=O)(=O)N(C)CC(=O)NCc2ccccc2)c1. The third-order valence-electron chi connectivity index (χ3n) is 3.73. The molecule has 24 heavy (non-hydrogen) atoms. The second kappa shape index (κ2) is 7.59. The number of nitrogens with zero attached hydrogens (tertiary/aromatic N) is 1. The van der Waals surface area contributed by atoms with Gasteiger partial charge in [-0.15, -0.1) is 0 Å². The van der Waals surface area contributed by atoms with Crippen molar-refractivity contribution in [1.82, 2.24) is 9.62 Å². The number of carbonyl (C=O) groups is 1. The van der Waals surface area contributed by atoms with Crippen molar-refractivity contribution in [3.05, 3.63) is 65.2 Å². The summed E-state index contributed by atoms with van der Waals surface area (Å²) in [4.78, 5) is 12.3. The number of rotatable bonds is 6. The van der Waals surface area contributed by atoms with Crippen LogP contribution in [0.1, 0.15) is 16.7 Å². The third-order valence-corrected chi connectivity index (χ3v) is 5.68. The van der Waals surface area contributed by atoms with Gasteiger partial charge in [-0.05, 0) is 36.6 Å². The monoisotopic (exact) mass is 346 g/mol. The Morgan fingerprint density at radius 2 is 1.75 bits per heavy atom. The van der Waals surface area contributed by atoms with Crippen molar-refractivity contribution in [3.63, 3.8) is 0 Å². The highest BCUT2D eigenvalue weighted by molar-refractivity contribution is 7.89. The van der Waals surface area contributed by atoms with E-state index in [1.807, 2.05) is 43.3 Å². The fraction of sp³-hybridized carbons (Fsp3) is 0.278. The Balaban J connectivity index is 2.03. The molecule has 2 aromatic rings. The van der Waals surface area contributed by atoms with Crippen LogP contribution < -0.4 is 5.32 Å². The van der Waals surface area contributed by atoms with E-state index >= 15 is 0 Å². The molecule has 0 aliphatic rings. The van der Waals surface area contributed by atoms with E-state index < -0.39 is 10.0 Å². The van der Waals surface area contributed by atoms with E-state index in [0.29, 0.717) is 12.1 Å². The fourth-order valence-electron chi connectivity index (χ4n) is 2.29. The summed E-state index contributed by atoms with van der Waals surface area (Å²) in [6.07, 6.45) is 0. The number of hydrogen-bond acceptors (Lipinski definition) is 3. The first-order valence-electron chi connectivity index (χ1n) is 7.65. The molecule has 0 saturated carbocycles. The van der Waals surface area contributed by atoms with Crippen LogP contribution >= 0.6 is 0 Å². The van der Waals surface area contributed by atoms with Gasteiger partial charge in [0, 0.05) is 13.6 Å². The summed E-state index contributed by atoms with van der Waals surface area (Å²) in [5.74, 6) is -0.338. The van der Waals surface area contributed by atoms with Crippen LogP contribution in [-0.2, 0) is 21.4 Å². The van der Waals surface area contributed by atoms with E-state index in [2.05, 4.69) is 5.32 Å². The minimum Gasteiger partial charge on any atom is -0.351 e. The van der Waals surface area contributed by atoms with Crippen molar-refractivity contribution in [2.24, 2.45) is 0 Å². The highest BCUT2D eigenvalue weighted by Gasteiger charge is 2.24. The van der Waals surface area contributed by atoms with Crippen molar-refractivity contribution >= 4 is 15.9 Å². The molecule has 0 radical (unpaired) electrons. The molecular formula is C18H22N2O3S. The van der Waals surface area contributed by atoms with Gasteiger partial charge in [0.05, 0.1) is 11.4 Å². The van der Waals surface area contributed by atoms with Gasteiger partial charge in [0.1, 0.15) is 0 Å². The molecule has 0 aliphatic heterocycles. The molecule has 0 aromatic heterocycles. The summed E-state index contributed by atoms with van der Waals surface area (Å²) in [7, 11) is -2.28. The Morgan fingerprint density at radius 3 is 2.42 bits per heavy atom. The van der Waals surface area contributed by atoms with Crippen LogP contribution in [0, 0.1) is 13.8 Å². The predicted molar refractivity (Wildman–Crippen MR) is 94.0 cm³/mol. The lowest BCUT2D eigenvalue weighted by molar-refractivity contribution is -0.121. The lowest BCUT2D eigenvalue weighted by atomic mass is 10.2. The second-order valence-corrected chi connectivity index (χ2v) is 7.81. The summed E-state index contributed by atoms with van der Waals surface area (Å²) in [6.45, 7) is 3.74. The second-order valence-electron chi connectivity index (χ2n) is 5.79. The minimum absolute atomic E-state index is 0.220. The number of benzene rings is 2. The van der Waals surface area contributed by atoms with Gasteiger partial charge in [0.15, 0.2) is 0 Å². The van der Waals surface area contributed by atoms with Gasteiger partial charge in [-0.3, -0.25) is 4.79 Å². The lowest BCUT2D eigenvalue weighted by Crippen LogP contribution is -2.38. The van der Waals surface area contributed by atoms with Crippen LogP contribution in [0.15, 0.2) is 53.4 Å². The van der Waals surface area contributed by atoms with E-state index in [1.54, 1.807) is 19.1 Å². The van der Waals surface area contributed by atoms with E-state index in [-0.39, 0.29) is 17.3 Å². The summed E-state index contributed by atoms with van der Waals surface area (Å²) < 4.78 is 26.4. The van der Waals surface area contributed by atoms with Gasteiger partial charge in [-0.2, -0.15) is 4.31 Å². The zero-order valence-corrected chi connectivity index (χ0v) is 14.9. The minimum atomic E-state index is -3.70.